The van der Waals surface area contributed by atoms with E-state index in [1.165, 1.54) is 36.4 Å². The normalized spacial score (nSPS) is 11.4. The van der Waals surface area contributed by atoms with Crippen LogP contribution < -0.4 is 10.1 Å². The molecule has 0 aliphatic heterocycles. The highest BCUT2D eigenvalue weighted by Gasteiger charge is 2.11. The van der Waals surface area contributed by atoms with Gasteiger partial charge in [0.2, 0.25) is 0 Å². The van der Waals surface area contributed by atoms with Crippen LogP contribution >= 0.6 is 11.6 Å². The fourth-order valence-corrected chi connectivity index (χ4v) is 1.95. The van der Waals surface area contributed by atoms with E-state index < -0.39 is 17.8 Å². The molecule has 0 fully saturated rings. The molecular formula is C17H14ClFN2O3. The van der Waals surface area contributed by atoms with Gasteiger partial charge < -0.3 is 15.2 Å². The Bertz CT molecular complexity index is 759. The van der Waals surface area contributed by atoms with Crippen molar-refractivity contribution in [1.82, 2.24) is 0 Å². The minimum atomic E-state index is -0.837. The number of anilines is 1. The number of nitriles is 1. The molecule has 7 heteroatoms. The molecule has 1 amide bonds. The van der Waals surface area contributed by atoms with Crippen LogP contribution in [0.1, 0.15) is 15.9 Å². The molecule has 0 spiro atoms. The first kappa shape index (κ1) is 17.7. The molecule has 1 unspecified atom stereocenters. The number of carbonyl (C=O) groups excluding carboxylic acids is 1. The Morgan fingerprint density at radius 2 is 2.04 bits per heavy atom. The number of carbonyl (C=O) groups is 1. The smallest absolute Gasteiger partial charge is 0.255 e. The number of ether oxygens (including phenoxy) is 1. The number of nitrogens with zero attached hydrogens (tertiary/aromatic N) is 1. The predicted molar refractivity (Wildman–Crippen MR) is 87.7 cm³/mol. The zero-order chi connectivity index (χ0) is 17.5. The van der Waals surface area contributed by atoms with Crippen LogP contribution in [0.25, 0.3) is 0 Å². The number of halogens is 2. The maximum absolute atomic E-state index is 12.9. The zero-order valence-electron chi connectivity index (χ0n) is 12.5. The van der Waals surface area contributed by atoms with Crippen molar-refractivity contribution in [3.05, 3.63) is 59.4 Å². The maximum atomic E-state index is 12.9. The van der Waals surface area contributed by atoms with Crippen molar-refractivity contribution in [2.24, 2.45) is 0 Å². The molecule has 0 saturated heterocycles. The van der Waals surface area contributed by atoms with E-state index in [1.807, 2.05) is 6.07 Å². The SMILES string of the molecule is N#Cc1cc(NC(=O)c2ccc(F)cc2)ccc1OCC(O)CCl. The third-order valence-corrected chi connectivity index (χ3v) is 3.43. The molecule has 0 aromatic heterocycles. The van der Waals surface area contributed by atoms with Gasteiger partial charge in [0, 0.05) is 11.3 Å². The third-order valence-electron chi connectivity index (χ3n) is 3.07. The Labute approximate surface area is 143 Å². The molecule has 0 saturated carbocycles. The molecule has 0 heterocycles. The van der Waals surface area contributed by atoms with Crippen LogP contribution in [0.2, 0.25) is 0 Å². The molecule has 0 aliphatic rings. The van der Waals surface area contributed by atoms with E-state index in [0.717, 1.165) is 0 Å². The summed E-state index contributed by atoms with van der Waals surface area (Å²) in [5.41, 5.74) is 0.889. The molecule has 0 bridgehead atoms. The van der Waals surface area contributed by atoms with Crippen LogP contribution in [0.5, 0.6) is 5.75 Å². The second kappa shape index (κ2) is 8.29. The fourth-order valence-electron chi connectivity index (χ4n) is 1.86. The van der Waals surface area contributed by atoms with Gasteiger partial charge in [-0.15, -0.1) is 11.6 Å². The molecule has 24 heavy (non-hydrogen) atoms. The molecule has 2 aromatic carbocycles. The van der Waals surface area contributed by atoms with Crippen molar-refractivity contribution in [2.45, 2.75) is 6.10 Å². The maximum Gasteiger partial charge on any atom is 0.255 e. The number of alkyl halides is 1. The number of hydrogen-bond acceptors (Lipinski definition) is 4. The summed E-state index contributed by atoms with van der Waals surface area (Å²) < 4.78 is 18.2. The molecule has 2 rings (SSSR count). The highest BCUT2D eigenvalue weighted by atomic mass is 35.5. The van der Waals surface area contributed by atoms with Gasteiger partial charge in [-0.25, -0.2) is 4.39 Å². The molecule has 5 nitrogen and oxygen atoms in total. The number of amides is 1. The Morgan fingerprint density at radius 3 is 2.67 bits per heavy atom. The highest BCUT2D eigenvalue weighted by molar-refractivity contribution is 6.18. The first-order chi connectivity index (χ1) is 11.5. The van der Waals surface area contributed by atoms with E-state index in [0.29, 0.717) is 11.3 Å². The van der Waals surface area contributed by atoms with Gasteiger partial charge in [-0.2, -0.15) is 5.26 Å². The number of rotatable bonds is 6. The fraction of sp³-hybridized carbons (Fsp3) is 0.176. The molecule has 0 aliphatic carbocycles. The van der Waals surface area contributed by atoms with Gasteiger partial charge in [-0.1, -0.05) is 0 Å². The number of aliphatic hydroxyl groups is 1. The van der Waals surface area contributed by atoms with E-state index in [-0.39, 0.29) is 23.8 Å². The van der Waals surface area contributed by atoms with Crippen molar-refractivity contribution < 1.29 is 19.0 Å². The lowest BCUT2D eigenvalue weighted by atomic mass is 10.1. The molecule has 2 aromatic rings. The highest BCUT2D eigenvalue weighted by Crippen LogP contribution is 2.23. The molecular weight excluding hydrogens is 335 g/mol. The summed E-state index contributed by atoms with van der Waals surface area (Å²) in [6.45, 7) is -0.0422. The zero-order valence-corrected chi connectivity index (χ0v) is 13.3. The second-order valence-corrected chi connectivity index (χ2v) is 5.21. The Hall–Kier alpha value is -2.62. The summed E-state index contributed by atoms with van der Waals surface area (Å²) in [5.74, 6) is -0.557. The minimum absolute atomic E-state index is 0.0215. The van der Waals surface area contributed by atoms with E-state index >= 15 is 0 Å². The number of aliphatic hydroxyl groups excluding tert-OH is 1. The van der Waals surface area contributed by atoms with Crippen LogP contribution in [0.4, 0.5) is 10.1 Å². The van der Waals surface area contributed by atoms with Crippen molar-refractivity contribution in [1.29, 1.82) is 5.26 Å². The van der Waals surface area contributed by atoms with Crippen molar-refractivity contribution in [3.63, 3.8) is 0 Å². The summed E-state index contributed by atoms with van der Waals surface area (Å²) >= 11 is 5.48. The Morgan fingerprint density at radius 1 is 1.33 bits per heavy atom. The van der Waals surface area contributed by atoms with Crippen molar-refractivity contribution in [2.75, 3.05) is 17.8 Å². The predicted octanol–water partition coefficient (Wildman–Crippen LogP) is 2.93. The van der Waals surface area contributed by atoms with Gasteiger partial charge in [0.05, 0.1) is 11.4 Å². The Kier molecular flexibility index (Phi) is 6.13. The third kappa shape index (κ3) is 4.69. The van der Waals surface area contributed by atoms with Crippen molar-refractivity contribution in [3.8, 4) is 11.8 Å². The van der Waals surface area contributed by atoms with Crippen LogP contribution in [0.3, 0.4) is 0 Å². The quantitative estimate of drug-likeness (QED) is 0.786. The number of nitrogens with one attached hydrogen (secondary N) is 1. The van der Waals surface area contributed by atoms with Gasteiger partial charge in [-0.05, 0) is 42.5 Å². The van der Waals surface area contributed by atoms with Crippen LogP contribution in [0.15, 0.2) is 42.5 Å². The average molecular weight is 349 g/mol. The monoisotopic (exact) mass is 348 g/mol. The van der Waals surface area contributed by atoms with E-state index in [4.69, 9.17) is 16.3 Å². The van der Waals surface area contributed by atoms with Gasteiger partial charge in [0.25, 0.3) is 5.91 Å². The number of hydrogen-bond donors (Lipinski definition) is 2. The van der Waals surface area contributed by atoms with E-state index in [9.17, 15) is 19.6 Å². The van der Waals surface area contributed by atoms with E-state index in [1.54, 1.807) is 6.07 Å². The summed E-state index contributed by atoms with van der Waals surface area (Å²) in [6, 6.07) is 11.6. The number of benzene rings is 2. The molecule has 0 radical (unpaired) electrons. The first-order valence-electron chi connectivity index (χ1n) is 7.01. The lowest BCUT2D eigenvalue weighted by Crippen LogP contribution is -2.19. The topological polar surface area (TPSA) is 82.4 Å². The Balaban J connectivity index is 2.10. The summed E-state index contributed by atoms with van der Waals surface area (Å²) in [4.78, 5) is 12.1. The van der Waals surface area contributed by atoms with Gasteiger partial charge in [0.1, 0.15) is 30.3 Å². The van der Waals surface area contributed by atoms with Crippen LogP contribution in [-0.2, 0) is 0 Å². The minimum Gasteiger partial charge on any atom is -0.489 e. The largest absolute Gasteiger partial charge is 0.489 e. The molecule has 2 N–H and O–H groups in total. The second-order valence-electron chi connectivity index (χ2n) is 4.90. The first-order valence-corrected chi connectivity index (χ1v) is 7.55. The summed E-state index contributed by atoms with van der Waals surface area (Å²) in [6.07, 6.45) is -0.837. The van der Waals surface area contributed by atoms with Gasteiger partial charge >= 0.3 is 0 Å². The molecule has 1 atom stereocenters. The summed E-state index contributed by atoms with van der Waals surface area (Å²) in [7, 11) is 0. The van der Waals surface area contributed by atoms with Crippen LogP contribution in [-0.4, -0.2) is 29.6 Å². The summed E-state index contributed by atoms with van der Waals surface area (Å²) in [5, 5.41) is 21.2. The van der Waals surface area contributed by atoms with Gasteiger partial charge in [0.15, 0.2) is 0 Å². The average Bonchev–Trinajstić information content (AvgIpc) is 2.60. The molecule has 124 valence electrons. The van der Waals surface area contributed by atoms with Gasteiger partial charge in [-0.3, -0.25) is 4.79 Å². The van der Waals surface area contributed by atoms with Crippen LogP contribution in [0, 0.1) is 17.1 Å². The lowest BCUT2D eigenvalue weighted by molar-refractivity contribution is 0.102. The van der Waals surface area contributed by atoms with E-state index in [2.05, 4.69) is 5.32 Å². The lowest BCUT2D eigenvalue weighted by Gasteiger charge is -2.12. The van der Waals surface area contributed by atoms with Crippen molar-refractivity contribution >= 4 is 23.2 Å². The standard InChI is InChI=1S/C17H14ClFN2O3/c18-8-15(22)10-24-16-6-5-14(7-12(16)9-20)21-17(23)11-1-3-13(19)4-2-11/h1-7,15,22H,8,10H2,(H,21,23).